The molecule has 0 radical (unpaired) electrons. The van der Waals surface area contributed by atoms with E-state index in [4.69, 9.17) is 20.5 Å². The summed E-state index contributed by atoms with van der Waals surface area (Å²) in [7, 11) is 0. The monoisotopic (exact) mass is 246 g/mol. The number of ether oxygens (including phenoxy) is 1. The molecule has 0 aliphatic heterocycles. The number of halogens is 1. The lowest BCUT2D eigenvalue weighted by molar-refractivity contribution is 0.119. The molecular weight excluding hydrogens is 232 g/mol. The second kappa shape index (κ2) is 7.99. The van der Waals surface area contributed by atoms with Crippen LogP contribution < -0.4 is 0 Å². The summed E-state index contributed by atoms with van der Waals surface area (Å²) in [5.41, 5.74) is 1.25. The normalized spacial score (nSPS) is 10.5. The van der Waals surface area contributed by atoms with E-state index in [1.165, 1.54) is 17.6 Å². The zero-order valence-electron chi connectivity index (χ0n) is 8.74. The van der Waals surface area contributed by atoms with Gasteiger partial charge in [0.05, 0.1) is 19.8 Å². The van der Waals surface area contributed by atoms with Gasteiger partial charge in [0.1, 0.15) is 0 Å². The highest BCUT2D eigenvalue weighted by Crippen LogP contribution is 2.18. The molecule has 0 saturated heterocycles. The van der Waals surface area contributed by atoms with Gasteiger partial charge in [0.15, 0.2) is 0 Å². The van der Waals surface area contributed by atoms with Gasteiger partial charge in [-0.3, -0.25) is 0 Å². The fourth-order valence-corrected chi connectivity index (χ4v) is 1.60. The van der Waals surface area contributed by atoms with Crippen LogP contribution in [0.4, 0.5) is 0 Å². The first-order valence-electron chi connectivity index (χ1n) is 4.83. The smallest absolute Gasteiger partial charge is 0.0852 e. The summed E-state index contributed by atoms with van der Waals surface area (Å²) in [5, 5.41) is 0. The molecule has 0 aromatic heterocycles. The minimum atomic E-state index is 0.533. The van der Waals surface area contributed by atoms with Crippen LogP contribution in [0.5, 0.6) is 0 Å². The van der Waals surface area contributed by atoms with Crippen LogP contribution in [0.25, 0.3) is 0 Å². The van der Waals surface area contributed by atoms with Crippen LogP contribution in [0, 0.1) is 6.92 Å². The predicted molar refractivity (Wildman–Crippen MR) is 64.5 cm³/mol. The van der Waals surface area contributed by atoms with Crippen LogP contribution in [0.1, 0.15) is 5.56 Å². The van der Waals surface area contributed by atoms with Crippen molar-refractivity contribution in [1.82, 2.24) is 0 Å². The average molecular weight is 247 g/mol. The summed E-state index contributed by atoms with van der Waals surface area (Å²) < 4.78 is 10.5. The summed E-state index contributed by atoms with van der Waals surface area (Å²) >= 11 is 6.83. The van der Waals surface area contributed by atoms with Gasteiger partial charge in [-0.15, -0.1) is 11.6 Å². The molecule has 84 valence electrons. The molecule has 0 fully saturated rings. The zero-order valence-corrected chi connectivity index (χ0v) is 10.3. The Morgan fingerprint density at radius 2 is 1.87 bits per heavy atom. The maximum absolute atomic E-state index is 5.45. The number of rotatable bonds is 7. The van der Waals surface area contributed by atoms with Crippen molar-refractivity contribution in [3.05, 3.63) is 29.8 Å². The largest absolute Gasteiger partial charge is 0.378 e. The second-order valence-electron chi connectivity index (χ2n) is 3.02. The summed E-state index contributed by atoms with van der Waals surface area (Å²) in [6, 6.07) is 8.21. The third-order valence-corrected chi connectivity index (χ3v) is 2.61. The molecule has 0 amide bonds. The van der Waals surface area contributed by atoms with Crippen molar-refractivity contribution < 1.29 is 8.92 Å². The molecule has 0 unspecified atom stereocenters. The van der Waals surface area contributed by atoms with E-state index < -0.39 is 0 Å². The first kappa shape index (κ1) is 12.8. The summed E-state index contributed by atoms with van der Waals surface area (Å²) in [6.07, 6.45) is 0. The molecule has 4 heteroatoms. The van der Waals surface area contributed by atoms with Crippen LogP contribution in [-0.2, 0) is 8.92 Å². The van der Waals surface area contributed by atoms with E-state index in [2.05, 4.69) is 19.1 Å². The summed E-state index contributed by atoms with van der Waals surface area (Å²) in [5.74, 6) is 0.533. The highest BCUT2D eigenvalue weighted by atomic mass is 35.5. The average Bonchev–Trinajstić information content (AvgIpc) is 2.26. The van der Waals surface area contributed by atoms with Crippen molar-refractivity contribution in [3.8, 4) is 0 Å². The quantitative estimate of drug-likeness (QED) is 0.418. The van der Waals surface area contributed by atoms with E-state index in [0.29, 0.717) is 25.7 Å². The van der Waals surface area contributed by atoms with Crippen LogP contribution in [0.15, 0.2) is 29.2 Å². The van der Waals surface area contributed by atoms with Crippen LogP contribution in [0.3, 0.4) is 0 Å². The number of hydrogen-bond acceptors (Lipinski definition) is 3. The molecule has 15 heavy (non-hydrogen) atoms. The van der Waals surface area contributed by atoms with Gasteiger partial charge < -0.3 is 8.92 Å². The topological polar surface area (TPSA) is 18.5 Å². The van der Waals surface area contributed by atoms with E-state index in [0.717, 1.165) is 4.90 Å². The Morgan fingerprint density at radius 1 is 1.13 bits per heavy atom. The van der Waals surface area contributed by atoms with Crippen LogP contribution in [0.2, 0.25) is 0 Å². The summed E-state index contributed by atoms with van der Waals surface area (Å²) in [6.45, 7) is 3.82. The molecule has 0 N–H and O–H groups in total. The third kappa shape index (κ3) is 6.05. The maximum Gasteiger partial charge on any atom is 0.0852 e. The number of aryl methyl sites for hydroxylation is 1. The van der Waals surface area contributed by atoms with Crippen LogP contribution >= 0.6 is 23.6 Å². The third-order valence-electron chi connectivity index (χ3n) is 1.71. The Labute approximate surface area is 100 Å². The van der Waals surface area contributed by atoms with Crippen molar-refractivity contribution in [2.75, 3.05) is 25.7 Å². The first-order valence-corrected chi connectivity index (χ1v) is 6.10. The molecule has 1 aromatic rings. The number of benzene rings is 1. The molecule has 0 aliphatic carbocycles. The molecule has 1 aromatic carbocycles. The zero-order chi connectivity index (χ0) is 10.9. The van der Waals surface area contributed by atoms with E-state index in [-0.39, 0.29) is 0 Å². The van der Waals surface area contributed by atoms with E-state index in [9.17, 15) is 0 Å². The van der Waals surface area contributed by atoms with Crippen LogP contribution in [-0.4, -0.2) is 25.7 Å². The van der Waals surface area contributed by atoms with Gasteiger partial charge >= 0.3 is 0 Å². The van der Waals surface area contributed by atoms with Gasteiger partial charge in [-0.05, 0) is 19.1 Å². The van der Waals surface area contributed by atoms with Crippen molar-refractivity contribution in [2.24, 2.45) is 0 Å². The molecule has 2 nitrogen and oxygen atoms in total. The predicted octanol–water partition coefficient (Wildman–Crippen LogP) is 3.27. The van der Waals surface area contributed by atoms with Crippen molar-refractivity contribution in [3.63, 3.8) is 0 Å². The van der Waals surface area contributed by atoms with Gasteiger partial charge in [-0.25, -0.2) is 0 Å². The molecule has 0 atom stereocenters. The first-order chi connectivity index (χ1) is 7.33. The Morgan fingerprint density at radius 3 is 2.53 bits per heavy atom. The Kier molecular flexibility index (Phi) is 6.85. The SMILES string of the molecule is Cc1ccc(SOCCOCCCl)cc1. The lowest BCUT2D eigenvalue weighted by atomic mass is 10.2. The molecular formula is C11H15ClO2S. The van der Waals surface area contributed by atoms with Gasteiger partial charge in [-0.1, -0.05) is 17.7 Å². The Balaban J connectivity index is 2.07. The molecule has 0 aliphatic rings. The minimum absolute atomic E-state index is 0.533. The van der Waals surface area contributed by atoms with Gasteiger partial charge in [0.25, 0.3) is 0 Å². The van der Waals surface area contributed by atoms with E-state index >= 15 is 0 Å². The van der Waals surface area contributed by atoms with Gasteiger partial charge in [0, 0.05) is 22.8 Å². The Hall–Kier alpha value is -0.220. The molecule has 0 spiro atoms. The molecule has 1 rings (SSSR count). The fraction of sp³-hybridized carbons (Fsp3) is 0.455. The standard InChI is InChI=1S/C11H15ClO2S/c1-10-2-4-11(5-3-10)15-14-9-8-13-7-6-12/h2-5H,6-9H2,1H3. The minimum Gasteiger partial charge on any atom is -0.378 e. The molecule has 0 saturated carbocycles. The summed E-state index contributed by atoms with van der Waals surface area (Å²) in [4.78, 5) is 1.11. The number of hydrogen-bond donors (Lipinski definition) is 0. The highest BCUT2D eigenvalue weighted by molar-refractivity contribution is 7.94. The molecule has 0 bridgehead atoms. The van der Waals surface area contributed by atoms with Crippen molar-refractivity contribution in [1.29, 1.82) is 0 Å². The molecule has 0 heterocycles. The van der Waals surface area contributed by atoms with Crippen molar-refractivity contribution >= 4 is 23.6 Å². The fourth-order valence-electron chi connectivity index (χ4n) is 0.953. The number of alkyl halides is 1. The second-order valence-corrected chi connectivity index (χ2v) is 4.27. The van der Waals surface area contributed by atoms with E-state index in [1.54, 1.807) is 0 Å². The maximum atomic E-state index is 5.45. The van der Waals surface area contributed by atoms with E-state index in [1.807, 2.05) is 12.1 Å². The Bertz CT molecular complexity index is 264. The lowest BCUT2D eigenvalue weighted by Gasteiger charge is -2.03. The van der Waals surface area contributed by atoms with Crippen molar-refractivity contribution in [2.45, 2.75) is 11.8 Å². The lowest BCUT2D eigenvalue weighted by Crippen LogP contribution is -2.02. The highest BCUT2D eigenvalue weighted by Gasteiger charge is 1.94. The van der Waals surface area contributed by atoms with Gasteiger partial charge in [0.2, 0.25) is 0 Å². The van der Waals surface area contributed by atoms with Gasteiger partial charge in [-0.2, -0.15) is 0 Å².